The average Bonchev–Trinajstić information content (AvgIpc) is 2.85. The molecule has 1 saturated carbocycles. The number of unbranched alkanes of at least 4 members (excludes halogenated alkanes) is 1. The van der Waals surface area contributed by atoms with Gasteiger partial charge in [-0.2, -0.15) is 4.31 Å². The molecule has 1 N–H and O–H groups in total. The molecule has 0 radical (unpaired) electrons. The molecule has 8 heteroatoms. The van der Waals surface area contributed by atoms with Gasteiger partial charge in [0.2, 0.25) is 15.9 Å². The van der Waals surface area contributed by atoms with Gasteiger partial charge < -0.3 is 14.7 Å². The van der Waals surface area contributed by atoms with Crippen molar-refractivity contribution in [2.24, 2.45) is 11.8 Å². The molecule has 1 aliphatic carbocycles. The van der Waals surface area contributed by atoms with Gasteiger partial charge in [0.25, 0.3) is 0 Å². The fourth-order valence-electron chi connectivity index (χ4n) is 4.83. The number of rotatable bonds is 6. The molecular weight excluding hydrogens is 464 g/mol. The summed E-state index contributed by atoms with van der Waals surface area (Å²) in [6.45, 7) is 5.96. The van der Waals surface area contributed by atoms with Crippen LogP contribution < -0.4 is 4.74 Å². The van der Waals surface area contributed by atoms with Crippen LogP contribution in [0.3, 0.4) is 0 Å². The lowest BCUT2D eigenvalue weighted by molar-refractivity contribution is -0.136. The van der Waals surface area contributed by atoms with Crippen molar-refractivity contribution in [1.29, 1.82) is 0 Å². The van der Waals surface area contributed by atoms with E-state index in [1.165, 1.54) is 10.7 Å². The lowest BCUT2D eigenvalue weighted by Gasteiger charge is -2.38. The van der Waals surface area contributed by atoms with Gasteiger partial charge in [0.15, 0.2) is 0 Å². The number of fused-ring (bicyclic) bond motifs is 1. The second kappa shape index (κ2) is 12.2. The number of likely N-dealkylation sites (N-methyl/N-ethyl adjacent to an activating group) is 1. The Labute approximate surface area is 210 Å². The minimum atomic E-state index is -3.89. The van der Waals surface area contributed by atoms with E-state index in [9.17, 15) is 18.3 Å². The van der Waals surface area contributed by atoms with Crippen molar-refractivity contribution < 1.29 is 23.1 Å². The van der Waals surface area contributed by atoms with Crippen LogP contribution in [0, 0.1) is 23.7 Å². The standard InChI is InChI=1S/C27H40N2O5S/c1-5-6-8-11-22-14-15-26-24(16-22)34-25(18-28(4)27(31)23-12-9-7-10-13-23)20(2)17-29(21(3)19-30)35(26,32)33/h14-16,20-21,23,25,30H,5-7,9-10,12-13,17-19H2,1-4H3/t20-,21+,25-/m0/s1. The molecule has 1 fully saturated rings. The minimum Gasteiger partial charge on any atom is -0.487 e. The van der Waals surface area contributed by atoms with E-state index in [0.29, 0.717) is 12.1 Å². The van der Waals surface area contributed by atoms with E-state index < -0.39 is 22.2 Å². The van der Waals surface area contributed by atoms with Crippen LogP contribution in [0.1, 0.15) is 71.3 Å². The molecule has 1 aliphatic heterocycles. The number of benzene rings is 1. The van der Waals surface area contributed by atoms with Crippen molar-refractivity contribution in [1.82, 2.24) is 9.21 Å². The van der Waals surface area contributed by atoms with Gasteiger partial charge in [0.05, 0.1) is 13.2 Å². The number of hydrogen-bond donors (Lipinski definition) is 1. The zero-order chi connectivity index (χ0) is 25.6. The van der Waals surface area contributed by atoms with E-state index in [-0.39, 0.29) is 41.5 Å². The van der Waals surface area contributed by atoms with Crippen molar-refractivity contribution in [3.8, 4) is 17.6 Å². The Kier molecular flexibility index (Phi) is 9.62. The van der Waals surface area contributed by atoms with Crippen molar-refractivity contribution >= 4 is 15.9 Å². The summed E-state index contributed by atoms with van der Waals surface area (Å²) in [5, 5.41) is 9.80. The third kappa shape index (κ3) is 6.58. The summed E-state index contributed by atoms with van der Waals surface area (Å²) >= 11 is 0. The molecule has 3 atom stereocenters. The predicted molar refractivity (Wildman–Crippen MR) is 136 cm³/mol. The number of carbonyl (C=O) groups excluding carboxylic acids is 1. The summed E-state index contributed by atoms with van der Waals surface area (Å²) in [7, 11) is -2.08. The van der Waals surface area contributed by atoms with Crippen LogP contribution in [0.2, 0.25) is 0 Å². The maximum atomic E-state index is 13.6. The number of carbonyl (C=O) groups is 1. The van der Waals surface area contributed by atoms with Crippen LogP contribution >= 0.6 is 0 Å². The van der Waals surface area contributed by atoms with E-state index in [1.54, 1.807) is 30.0 Å². The zero-order valence-electron chi connectivity index (χ0n) is 21.5. The highest BCUT2D eigenvalue weighted by atomic mass is 32.2. The molecular formula is C27H40N2O5S. The highest BCUT2D eigenvalue weighted by Crippen LogP contribution is 2.34. The Hall–Kier alpha value is -2.08. The molecule has 0 spiro atoms. The third-order valence-electron chi connectivity index (χ3n) is 7.06. The Morgan fingerprint density at radius 2 is 2.00 bits per heavy atom. The first-order valence-electron chi connectivity index (χ1n) is 12.9. The van der Waals surface area contributed by atoms with Crippen molar-refractivity contribution in [2.75, 3.05) is 26.7 Å². The quantitative estimate of drug-likeness (QED) is 0.598. The van der Waals surface area contributed by atoms with E-state index >= 15 is 0 Å². The molecule has 1 heterocycles. The molecule has 3 rings (SSSR count). The summed E-state index contributed by atoms with van der Waals surface area (Å²) in [5.74, 6) is 6.41. The van der Waals surface area contributed by atoms with E-state index in [2.05, 4.69) is 18.8 Å². The predicted octanol–water partition coefficient (Wildman–Crippen LogP) is 3.65. The maximum absolute atomic E-state index is 13.6. The second-order valence-electron chi connectivity index (χ2n) is 10.0. The van der Waals surface area contributed by atoms with Gasteiger partial charge in [-0.15, -0.1) is 0 Å². The molecule has 0 bridgehead atoms. The van der Waals surface area contributed by atoms with Crippen LogP contribution in [0.15, 0.2) is 23.1 Å². The Bertz CT molecular complexity index is 1040. The minimum absolute atomic E-state index is 0.0524. The van der Waals surface area contributed by atoms with Gasteiger partial charge in [-0.25, -0.2) is 8.42 Å². The number of sulfonamides is 1. The van der Waals surface area contributed by atoms with Crippen LogP contribution in [-0.2, 0) is 14.8 Å². The lowest BCUT2D eigenvalue weighted by atomic mass is 9.88. The maximum Gasteiger partial charge on any atom is 0.247 e. The van der Waals surface area contributed by atoms with E-state index in [4.69, 9.17) is 4.74 Å². The number of aliphatic hydroxyl groups excluding tert-OH is 1. The molecule has 35 heavy (non-hydrogen) atoms. The van der Waals surface area contributed by atoms with Gasteiger partial charge in [0.1, 0.15) is 16.7 Å². The molecule has 7 nitrogen and oxygen atoms in total. The van der Waals surface area contributed by atoms with Gasteiger partial charge in [-0.1, -0.05) is 45.0 Å². The first-order chi connectivity index (χ1) is 16.7. The monoisotopic (exact) mass is 504 g/mol. The molecule has 0 aromatic heterocycles. The number of amides is 1. The van der Waals surface area contributed by atoms with Gasteiger partial charge in [-0.05, 0) is 44.4 Å². The molecule has 2 aliphatic rings. The number of aliphatic hydroxyl groups is 1. The number of nitrogens with zero attached hydrogens (tertiary/aromatic N) is 2. The summed E-state index contributed by atoms with van der Waals surface area (Å²) in [6.07, 6.45) is 6.49. The first-order valence-corrected chi connectivity index (χ1v) is 14.3. The SMILES string of the molecule is CCCC#Cc1ccc2c(c1)O[C@@H](CN(C)C(=O)C1CCCCC1)[C@@H](C)CN([C@H](C)CO)S2(=O)=O. The van der Waals surface area contributed by atoms with Crippen LogP contribution in [0.5, 0.6) is 5.75 Å². The zero-order valence-corrected chi connectivity index (χ0v) is 22.3. The topological polar surface area (TPSA) is 87.2 Å². The van der Waals surface area contributed by atoms with Gasteiger partial charge in [0, 0.05) is 43.5 Å². The Morgan fingerprint density at radius 3 is 2.66 bits per heavy atom. The van der Waals surface area contributed by atoms with Crippen molar-refractivity contribution in [3.05, 3.63) is 23.8 Å². The van der Waals surface area contributed by atoms with Crippen LogP contribution in [-0.4, -0.2) is 67.5 Å². The molecule has 1 aromatic rings. The normalized spacial score (nSPS) is 23.6. The third-order valence-corrected chi connectivity index (χ3v) is 9.08. The highest BCUT2D eigenvalue weighted by molar-refractivity contribution is 7.89. The molecule has 0 saturated heterocycles. The summed E-state index contributed by atoms with van der Waals surface area (Å²) in [5.41, 5.74) is 0.688. The number of hydrogen-bond acceptors (Lipinski definition) is 5. The second-order valence-corrected chi connectivity index (χ2v) is 11.9. The first kappa shape index (κ1) is 27.5. The molecule has 1 amide bonds. The van der Waals surface area contributed by atoms with Crippen LogP contribution in [0.4, 0.5) is 0 Å². The van der Waals surface area contributed by atoms with Gasteiger partial charge in [-0.3, -0.25) is 4.79 Å². The largest absolute Gasteiger partial charge is 0.487 e. The summed E-state index contributed by atoms with van der Waals surface area (Å²) in [4.78, 5) is 14.9. The van der Waals surface area contributed by atoms with E-state index in [0.717, 1.165) is 38.5 Å². The highest BCUT2D eigenvalue weighted by Gasteiger charge is 2.38. The Balaban J connectivity index is 1.96. The van der Waals surface area contributed by atoms with Gasteiger partial charge >= 0.3 is 0 Å². The molecule has 194 valence electrons. The average molecular weight is 505 g/mol. The fourth-order valence-corrected chi connectivity index (χ4v) is 6.66. The van der Waals surface area contributed by atoms with Crippen molar-refractivity contribution in [2.45, 2.75) is 82.8 Å². The summed E-state index contributed by atoms with van der Waals surface area (Å²) < 4.78 is 34.9. The number of ether oxygens (including phenoxy) is 1. The van der Waals surface area contributed by atoms with E-state index in [1.807, 2.05) is 14.0 Å². The smallest absolute Gasteiger partial charge is 0.247 e. The van der Waals surface area contributed by atoms with Crippen molar-refractivity contribution in [3.63, 3.8) is 0 Å². The molecule has 0 unspecified atom stereocenters. The Morgan fingerprint density at radius 1 is 1.29 bits per heavy atom. The molecule has 1 aromatic carbocycles. The lowest BCUT2D eigenvalue weighted by Crippen LogP contribution is -2.50. The fraction of sp³-hybridized carbons (Fsp3) is 0.667. The summed E-state index contributed by atoms with van der Waals surface area (Å²) in [6, 6.07) is 4.34. The van der Waals surface area contributed by atoms with Crippen LogP contribution in [0.25, 0.3) is 0 Å².